The zero-order chi connectivity index (χ0) is 21.0. The fourth-order valence-corrected chi connectivity index (χ4v) is 5.45. The minimum absolute atomic E-state index is 0.137. The Kier molecular flexibility index (Phi) is 6.59. The standard InChI is InChI=1S/C22H28N2O4S/c1-4-17-8-5-6-10-19(17)23-22(25)18-9-7-13-24(15-18)29(26,27)21-14-16(2)11-12-20(21)28-3/h5-6,8,10-12,14,18H,4,7,9,13,15H2,1-3H3,(H,23,25). The molecule has 2 aromatic carbocycles. The minimum Gasteiger partial charge on any atom is -0.495 e. The van der Waals surface area contributed by atoms with Crippen molar-refractivity contribution in [2.45, 2.75) is 38.0 Å². The molecule has 156 valence electrons. The van der Waals surface area contributed by atoms with Gasteiger partial charge in [0.2, 0.25) is 15.9 Å². The number of carbonyl (C=O) groups excluding carboxylic acids is 1. The van der Waals surface area contributed by atoms with E-state index in [-0.39, 0.29) is 23.3 Å². The molecule has 1 N–H and O–H groups in total. The van der Waals surface area contributed by atoms with Crippen molar-refractivity contribution in [2.24, 2.45) is 5.92 Å². The van der Waals surface area contributed by atoms with Crippen LogP contribution in [0, 0.1) is 12.8 Å². The highest BCUT2D eigenvalue weighted by Gasteiger charge is 2.35. The lowest BCUT2D eigenvalue weighted by atomic mass is 9.98. The van der Waals surface area contributed by atoms with E-state index in [2.05, 4.69) is 5.32 Å². The Labute approximate surface area is 172 Å². The van der Waals surface area contributed by atoms with Crippen LogP contribution in [0.25, 0.3) is 0 Å². The van der Waals surface area contributed by atoms with Gasteiger partial charge in [-0.05, 0) is 55.5 Å². The molecule has 1 fully saturated rings. The molecule has 0 bridgehead atoms. The van der Waals surface area contributed by atoms with Gasteiger partial charge in [0, 0.05) is 18.8 Å². The van der Waals surface area contributed by atoms with Crippen molar-refractivity contribution in [2.75, 3.05) is 25.5 Å². The number of carbonyl (C=O) groups is 1. The molecule has 0 spiro atoms. The van der Waals surface area contributed by atoms with Gasteiger partial charge in [0.15, 0.2) is 0 Å². The van der Waals surface area contributed by atoms with Gasteiger partial charge < -0.3 is 10.1 Å². The Morgan fingerprint density at radius 2 is 2.00 bits per heavy atom. The van der Waals surface area contributed by atoms with Gasteiger partial charge in [0.25, 0.3) is 0 Å². The van der Waals surface area contributed by atoms with Crippen molar-refractivity contribution < 1.29 is 17.9 Å². The van der Waals surface area contributed by atoms with Crippen molar-refractivity contribution >= 4 is 21.6 Å². The van der Waals surface area contributed by atoms with Crippen molar-refractivity contribution in [3.8, 4) is 5.75 Å². The smallest absolute Gasteiger partial charge is 0.246 e. The van der Waals surface area contributed by atoms with Crippen LogP contribution in [0.15, 0.2) is 47.4 Å². The molecule has 2 aromatic rings. The number of anilines is 1. The molecule has 0 saturated carbocycles. The average molecular weight is 417 g/mol. The predicted octanol–water partition coefficient (Wildman–Crippen LogP) is 3.61. The lowest BCUT2D eigenvalue weighted by Crippen LogP contribution is -2.43. The Bertz CT molecular complexity index is 988. The maximum Gasteiger partial charge on any atom is 0.246 e. The third-order valence-electron chi connectivity index (χ3n) is 5.35. The molecule has 1 aliphatic rings. The number of benzene rings is 2. The molecule has 1 aliphatic heterocycles. The lowest BCUT2D eigenvalue weighted by Gasteiger charge is -2.31. The molecule has 1 atom stereocenters. The minimum atomic E-state index is -3.75. The van der Waals surface area contributed by atoms with Crippen LogP contribution in [-0.2, 0) is 21.2 Å². The first-order valence-corrected chi connectivity index (χ1v) is 11.3. The number of ether oxygens (including phenoxy) is 1. The molecule has 7 heteroatoms. The zero-order valence-electron chi connectivity index (χ0n) is 17.1. The molecule has 1 unspecified atom stereocenters. The first-order chi connectivity index (χ1) is 13.9. The second-order valence-corrected chi connectivity index (χ2v) is 9.26. The van der Waals surface area contributed by atoms with Crippen molar-refractivity contribution in [1.29, 1.82) is 0 Å². The highest BCUT2D eigenvalue weighted by molar-refractivity contribution is 7.89. The summed E-state index contributed by atoms with van der Waals surface area (Å²) in [6.45, 7) is 4.44. The molecule has 1 saturated heterocycles. The van der Waals surface area contributed by atoms with Crippen molar-refractivity contribution in [1.82, 2.24) is 4.31 Å². The second-order valence-electron chi connectivity index (χ2n) is 7.36. The summed E-state index contributed by atoms with van der Waals surface area (Å²) in [5.74, 6) is -0.208. The summed E-state index contributed by atoms with van der Waals surface area (Å²) >= 11 is 0. The Morgan fingerprint density at radius 3 is 2.72 bits per heavy atom. The number of nitrogens with one attached hydrogen (secondary N) is 1. The van der Waals surface area contributed by atoms with Gasteiger partial charge in [0.05, 0.1) is 13.0 Å². The van der Waals surface area contributed by atoms with Crippen LogP contribution in [0.4, 0.5) is 5.69 Å². The predicted molar refractivity (Wildman–Crippen MR) is 114 cm³/mol. The van der Waals surface area contributed by atoms with Crippen LogP contribution in [0.3, 0.4) is 0 Å². The molecule has 0 aliphatic carbocycles. The Morgan fingerprint density at radius 1 is 1.24 bits per heavy atom. The first-order valence-electron chi connectivity index (χ1n) is 9.90. The average Bonchev–Trinajstić information content (AvgIpc) is 2.74. The van der Waals surface area contributed by atoms with Crippen LogP contribution >= 0.6 is 0 Å². The molecular weight excluding hydrogens is 388 g/mol. The zero-order valence-corrected chi connectivity index (χ0v) is 18.0. The summed E-state index contributed by atoms with van der Waals surface area (Å²) in [6.07, 6.45) is 2.12. The van der Waals surface area contributed by atoms with E-state index in [1.165, 1.54) is 11.4 Å². The van der Waals surface area contributed by atoms with Gasteiger partial charge in [-0.15, -0.1) is 0 Å². The van der Waals surface area contributed by atoms with E-state index in [0.29, 0.717) is 25.1 Å². The molecule has 1 amide bonds. The number of para-hydroxylation sites is 1. The monoisotopic (exact) mass is 416 g/mol. The van der Waals surface area contributed by atoms with Crippen LogP contribution < -0.4 is 10.1 Å². The van der Waals surface area contributed by atoms with Crippen LogP contribution in [0.5, 0.6) is 5.75 Å². The third kappa shape index (κ3) is 4.62. The molecule has 29 heavy (non-hydrogen) atoms. The van der Waals surface area contributed by atoms with Crippen LogP contribution in [0.1, 0.15) is 30.9 Å². The van der Waals surface area contributed by atoms with Crippen LogP contribution in [-0.4, -0.2) is 38.8 Å². The van der Waals surface area contributed by atoms with Gasteiger partial charge in [-0.3, -0.25) is 4.79 Å². The fourth-order valence-electron chi connectivity index (χ4n) is 3.68. The van der Waals surface area contributed by atoms with Crippen LogP contribution in [0.2, 0.25) is 0 Å². The summed E-state index contributed by atoms with van der Waals surface area (Å²) in [7, 11) is -2.29. The largest absolute Gasteiger partial charge is 0.495 e. The maximum absolute atomic E-state index is 13.3. The number of piperidine rings is 1. The molecule has 6 nitrogen and oxygen atoms in total. The Balaban J connectivity index is 1.80. The number of aryl methyl sites for hydroxylation is 2. The van der Waals surface area contributed by atoms with E-state index >= 15 is 0 Å². The highest BCUT2D eigenvalue weighted by Crippen LogP contribution is 2.31. The summed E-state index contributed by atoms with van der Waals surface area (Å²) in [6, 6.07) is 12.8. The van der Waals surface area contributed by atoms with Gasteiger partial charge in [-0.2, -0.15) is 4.31 Å². The summed E-state index contributed by atoms with van der Waals surface area (Å²) in [4.78, 5) is 13.0. The van der Waals surface area contributed by atoms with Crippen molar-refractivity contribution in [3.63, 3.8) is 0 Å². The summed E-state index contributed by atoms with van der Waals surface area (Å²) < 4.78 is 33.2. The van der Waals surface area contributed by atoms with Gasteiger partial charge in [-0.1, -0.05) is 31.2 Å². The first kappa shape index (κ1) is 21.3. The van der Waals surface area contributed by atoms with Gasteiger partial charge in [0.1, 0.15) is 10.6 Å². The van der Waals surface area contributed by atoms with E-state index in [9.17, 15) is 13.2 Å². The molecule has 1 heterocycles. The lowest BCUT2D eigenvalue weighted by molar-refractivity contribution is -0.120. The second kappa shape index (κ2) is 8.97. The third-order valence-corrected chi connectivity index (χ3v) is 7.23. The Hall–Kier alpha value is -2.38. The fraction of sp³-hybridized carbons (Fsp3) is 0.409. The summed E-state index contributed by atoms with van der Waals surface area (Å²) in [5.41, 5.74) is 2.69. The quantitative estimate of drug-likeness (QED) is 0.781. The number of nitrogens with zero attached hydrogens (tertiary/aromatic N) is 1. The number of hydrogen-bond acceptors (Lipinski definition) is 4. The summed E-state index contributed by atoms with van der Waals surface area (Å²) in [5, 5.41) is 2.99. The normalized spacial score (nSPS) is 17.7. The number of amides is 1. The molecular formula is C22H28N2O4S. The van der Waals surface area contributed by atoms with E-state index in [4.69, 9.17) is 4.74 Å². The number of methoxy groups -OCH3 is 1. The van der Waals surface area contributed by atoms with Gasteiger partial charge >= 0.3 is 0 Å². The number of rotatable bonds is 6. The van der Waals surface area contributed by atoms with E-state index in [0.717, 1.165) is 23.2 Å². The highest BCUT2D eigenvalue weighted by atomic mass is 32.2. The molecule has 3 rings (SSSR count). The maximum atomic E-state index is 13.3. The topological polar surface area (TPSA) is 75.7 Å². The van der Waals surface area contributed by atoms with E-state index in [1.807, 2.05) is 44.2 Å². The molecule has 0 aromatic heterocycles. The SMILES string of the molecule is CCc1ccccc1NC(=O)C1CCCN(S(=O)(=O)c2cc(C)ccc2OC)C1. The van der Waals surface area contributed by atoms with E-state index < -0.39 is 10.0 Å². The van der Waals surface area contributed by atoms with Gasteiger partial charge in [-0.25, -0.2) is 8.42 Å². The number of hydrogen-bond donors (Lipinski definition) is 1. The van der Waals surface area contributed by atoms with Crippen molar-refractivity contribution in [3.05, 3.63) is 53.6 Å². The van der Waals surface area contributed by atoms with E-state index in [1.54, 1.807) is 12.1 Å². The number of sulfonamides is 1. The molecule has 0 radical (unpaired) electrons.